The first-order valence-electron chi connectivity index (χ1n) is 5.40. The Morgan fingerprint density at radius 1 is 1.50 bits per heavy atom. The fraction of sp³-hybridized carbons (Fsp3) is 0.273. The number of hydrogen-bond acceptors (Lipinski definition) is 7. The molecule has 0 spiro atoms. The molecule has 0 atom stereocenters. The van der Waals surface area contributed by atoms with Gasteiger partial charge in [-0.2, -0.15) is 10.5 Å². The lowest BCUT2D eigenvalue weighted by atomic mass is 10.2. The summed E-state index contributed by atoms with van der Waals surface area (Å²) in [6.45, 7) is -0.587. The quantitative estimate of drug-likeness (QED) is 0.469. The highest BCUT2D eigenvalue weighted by Gasteiger charge is 2.22. The first-order valence-corrected chi connectivity index (χ1v) is 5.40. The summed E-state index contributed by atoms with van der Waals surface area (Å²) in [5.41, 5.74) is -0.409. The number of nitrogens with one attached hydrogen (secondary N) is 1. The number of amides is 1. The van der Waals surface area contributed by atoms with Gasteiger partial charge in [0.1, 0.15) is 25.1 Å². The lowest BCUT2D eigenvalue weighted by molar-refractivity contribution is -0.385. The molecule has 0 aliphatic rings. The van der Waals surface area contributed by atoms with Crippen LogP contribution in [0.1, 0.15) is 10.4 Å². The van der Waals surface area contributed by atoms with Gasteiger partial charge in [0.2, 0.25) is 0 Å². The van der Waals surface area contributed by atoms with Crippen LogP contribution in [0.25, 0.3) is 0 Å². The van der Waals surface area contributed by atoms with Gasteiger partial charge in [0.25, 0.3) is 11.6 Å². The molecular formula is C11H10N6O3. The molecule has 0 unspecified atom stereocenters. The third-order valence-corrected chi connectivity index (χ3v) is 2.36. The van der Waals surface area contributed by atoms with E-state index >= 15 is 0 Å². The Morgan fingerprint density at radius 3 is 2.55 bits per heavy atom. The number of carbonyl (C=O) groups is 1. The van der Waals surface area contributed by atoms with E-state index in [2.05, 4.69) is 10.3 Å². The number of nitrogens with zero attached hydrogens (tertiary/aromatic N) is 5. The van der Waals surface area contributed by atoms with Gasteiger partial charge in [-0.05, 0) is 0 Å². The Balaban J connectivity index is 3.25. The Hall–Kier alpha value is -3.20. The summed E-state index contributed by atoms with van der Waals surface area (Å²) >= 11 is 0. The van der Waals surface area contributed by atoms with Crippen LogP contribution < -0.4 is 5.32 Å². The normalized spacial score (nSPS) is 9.15. The second-order valence-electron chi connectivity index (χ2n) is 3.57. The average Bonchev–Trinajstić information content (AvgIpc) is 2.45. The van der Waals surface area contributed by atoms with Gasteiger partial charge in [-0.15, -0.1) is 0 Å². The van der Waals surface area contributed by atoms with Gasteiger partial charge < -0.3 is 10.2 Å². The van der Waals surface area contributed by atoms with E-state index in [-0.39, 0.29) is 30.2 Å². The van der Waals surface area contributed by atoms with Crippen molar-refractivity contribution in [2.75, 3.05) is 25.5 Å². The van der Waals surface area contributed by atoms with Crippen molar-refractivity contribution in [2.45, 2.75) is 0 Å². The van der Waals surface area contributed by atoms with Gasteiger partial charge in [0, 0.05) is 13.1 Å². The van der Waals surface area contributed by atoms with Crippen molar-refractivity contribution < 1.29 is 9.72 Å². The maximum Gasteiger partial charge on any atom is 0.288 e. The molecule has 0 saturated heterocycles. The number of carbonyl (C=O) groups excluding carboxylic acids is 1. The van der Waals surface area contributed by atoms with Crippen LogP contribution in [-0.4, -0.2) is 40.9 Å². The van der Waals surface area contributed by atoms with Crippen molar-refractivity contribution in [2.24, 2.45) is 0 Å². The third-order valence-electron chi connectivity index (χ3n) is 2.36. The third kappa shape index (κ3) is 3.17. The van der Waals surface area contributed by atoms with E-state index in [1.807, 2.05) is 0 Å². The molecule has 9 heteroatoms. The molecule has 0 aliphatic carbocycles. The van der Waals surface area contributed by atoms with Crippen LogP contribution in [0.3, 0.4) is 0 Å². The van der Waals surface area contributed by atoms with Crippen LogP contribution >= 0.6 is 0 Å². The lowest BCUT2D eigenvalue weighted by Gasteiger charge is -2.17. The van der Waals surface area contributed by atoms with Gasteiger partial charge in [0.15, 0.2) is 0 Å². The van der Waals surface area contributed by atoms with Crippen LogP contribution in [0.5, 0.6) is 0 Å². The van der Waals surface area contributed by atoms with Gasteiger partial charge in [0.05, 0.1) is 22.6 Å². The Bertz CT molecular complexity index is 600. The predicted octanol–water partition coefficient (Wildman–Crippen LogP) is 0.521. The highest BCUT2D eigenvalue weighted by molar-refractivity contribution is 5.99. The van der Waals surface area contributed by atoms with Crippen LogP contribution in [-0.2, 0) is 0 Å². The molecule has 0 aliphatic heterocycles. The van der Waals surface area contributed by atoms with E-state index < -0.39 is 10.8 Å². The van der Waals surface area contributed by atoms with Gasteiger partial charge in [-0.3, -0.25) is 14.9 Å². The summed E-state index contributed by atoms with van der Waals surface area (Å²) < 4.78 is 0. The topological polar surface area (TPSA) is 136 Å². The molecule has 0 fully saturated rings. The summed E-state index contributed by atoms with van der Waals surface area (Å²) in [4.78, 5) is 27.0. The second kappa shape index (κ2) is 6.66. The minimum absolute atomic E-state index is 0.0628. The van der Waals surface area contributed by atoms with E-state index in [0.717, 1.165) is 17.2 Å². The zero-order chi connectivity index (χ0) is 15.1. The molecule has 1 aromatic rings. The number of nitro groups is 1. The molecule has 0 saturated carbocycles. The smallest absolute Gasteiger partial charge is 0.288 e. The molecule has 1 heterocycles. The average molecular weight is 274 g/mol. The first-order chi connectivity index (χ1) is 9.54. The summed E-state index contributed by atoms with van der Waals surface area (Å²) in [7, 11) is 1.50. The van der Waals surface area contributed by atoms with E-state index in [0.29, 0.717) is 0 Å². The second-order valence-corrected chi connectivity index (χ2v) is 3.57. The molecule has 0 aromatic carbocycles. The number of pyridine rings is 1. The summed E-state index contributed by atoms with van der Waals surface area (Å²) in [6, 6.07) is 4.57. The highest BCUT2D eigenvalue weighted by atomic mass is 16.6. The van der Waals surface area contributed by atoms with Crippen LogP contribution in [0.15, 0.2) is 12.3 Å². The standard InChI is InChI=1S/C11H10N6O3/c1-14-10-9(6-8(7-15-10)17(19)20)11(18)16(4-2-12)5-3-13/h6-7H,4-5H2,1H3,(H,14,15). The molecule has 1 N–H and O–H groups in total. The number of nitriles is 2. The molecule has 1 amide bonds. The van der Waals surface area contributed by atoms with Crippen LogP contribution in [0, 0.1) is 32.8 Å². The van der Waals surface area contributed by atoms with E-state index in [1.54, 1.807) is 12.1 Å². The lowest BCUT2D eigenvalue weighted by Crippen LogP contribution is -2.32. The van der Waals surface area contributed by atoms with Crippen molar-refractivity contribution >= 4 is 17.4 Å². The predicted molar refractivity (Wildman–Crippen MR) is 67.6 cm³/mol. The summed E-state index contributed by atoms with van der Waals surface area (Å²) in [6.07, 6.45) is 1.02. The molecule has 102 valence electrons. The zero-order valence-corrected chi connectivity index (χ0v) is 10.5. The van der Waals surface area contributed by atoms with Gasteiger partial charge >= 0.3 is 0 Å². The van der Waals surface area contributed by atoms with E-state index in [4.69, 9.17) is 10.5 Å². The Labute approximate surface area is 114 Å². The minimum atomic E-state index is -0.678. The van der Waals surface area contributed by atoms with Gasteiger partial charge in [-0.25, -0.2) is 4.98 Å². The van der Waals surface area contributed by atoms with Crippen molar-refractivity contribution in [3.05, 3.63) is 27.9 Å². The largest absolute Gasteiger partial charge is 0.372 e. The Morgan fingerprint density at radius 2 is 2.10 bits per heavy atom. The molecule has 9 nitrogen and oxygen atoms in total. The maximum atomic E-state index is 12.2. The van der Waals surface area contributed by atoms with Crippen molar-refractivity contribution in [3.8, 4) is 12.1 Å². The van der Waals surface area contributed by atoms with Crippen molar-refractivity contribution in [3.63, 3.8) is 0 Å². The number of aromatic nitrogens is 1. The molecule has 0 radical (unpaired) electrons. The van der Waals surface area contributed by atoms with E-state index in [9.17, 15) is 14.9 Å². The van der Waals surface area contributed by atoms with Crippen molar-refractivity contribution in [1.29, 1.82) is 10.5 Å². The molecule has 1 rings (SSSR count). The summed E-state index contributed by atoms with van der Waals surface area (Å²) in [5.74, 6) is -0.532. The van der Waals surface area contributed by atoms with Crippen LogP contribution in [0.4, 0.5) is 11.5 Å². The van der Waals surface area contributed by atoms with Crippen molar-refractivity contribution in [1.82, 2.24) is 9.88 Å². The SMILES string of the molecule is CNc1ncc([N+](=O)[O-])cc1C(=O)N(CC#N)CC#N. The van der Waals surface area contributed by atoms with Crippen LogP contribution in [0.2, 0.25) is 0 Å². The number of anilines is 1. The molecule has 20 heavy (non-hydrogen) atoms. The maximum absolute atomic E-state index is 12.2. The Kier molecular flexibility index (Phi) is 4.95. The minimum Gasteiger partial charge on any atom is -0.372 e. The summed E-state index contributed by atoms with van der Waals surface area (Å²) in [5, 5.41) is 30.6. The number of rotatable bonds is 5. The monoisotopic (exact) mass is 274 g/mol. The molecule has 1 aromatic heterocycles. The fourth-order valence-electron chi connectivity index (χ4n) is 1.46. The first kappa shape index (κ1) is 14.9. The zero-order valence-electron chi connectivity index (χ0n) is 10.5. The molecule has 0 bridgehead atoms. The van der Waals surface area contributed by atoms with E-state index in [1.165, 1.54) is 7.05 Å². The van der Waals surface area contributed by atoms with Gasteiger partial charge in [-0.1, -0.05) is 0 Å². The number of hydrogen-bond donors (Lipinski definition) is 1. The molecular weight excluding hydrogens is 264 g/mol. The highest BCUT2D eigenvalue weighted by Crippen LogP contribution is 2.20. The fourth-order valence-corrected chi connectivity index (χ4v) is 1.46.